The molecule has 0 radical (unpaired) electrons. The molecule has 3 aliphatic carbocycles. The van der Waals surface area contributed by atoms with E-state index < -0.39 is 36.6 Å². The van der Waals surface area contributed by atoms with Crippen LogP contribution in [0, 0.1) is 23.7 Å². The molecular formula is C22H42F4O5. The van der Waals surface area contributed by atoms with Crippen LogP contribution in [0.4, 0.5) is 17.6 Å². The van der Waals surface area contributed by atoms with Crippen LogP contribution in [-0.2, 0) is 14.3 Å². The number of carbonyl (C=O) groups excluding carboxylic acids is 1. The third-order valence-electron chi connectivity index (χ3n) is 7.05. The highest BCUT2D eigenvalue weighted by atomic mass is 19.4. The topological polar surface area (TPSA) is 98.5 Å². The highest BCUT2D eigenvalue weighted by molar-refractivity contribution is 5.73. The van der Waals surface area contributed by atoms with Crippen molar-refractivity contribution in [3.63, 3.8) is 0 Å². The summed E-state index contributed by atoms with van der Waals surface area (Å²) in [7, 11) is 0. The predicted octanol–water partition coefficient (Wildman–Crippen LogP) is 5.19. The van der Waals surface area contributed by atoms with E-state index in [9.17, 15) is 22.4 Å². The molecule has 0 spiro atoms. The van der Waals surface area contributed by atoms with Crippen LogP contribution in [-0.4, -0.2) is 41.7 Å². The van der Waals surface area contributed by atoms with Gasteiger partial charge in [0.2, 0.25) is 0 Å². The molecule has 3 saturated carbocycles. The van der Waals surface area contributed by atoms with E-state index >= 15 is 0 Å². The predicted molar refractivity (Wildman–Crippen MR) is 112 cm³/mol. The van der Waals surface area contributed by atoms with Crippen molar-refractivity contribution < 1.29 is 44.2 Å². The van der Waals surface area contributed by atoms with Gasteiger partial charge in [-0.05, 0) is 75.5 Å². The molecular weight excluding hydrogens is 420 g/mol. The van der Waals surface area contributed by atoms with Gasteiger partial charge in [0.05, 0.1) is 12.0 Å². The highest BCUT2D eigenvalue weighted by Gasteiger charge is 2.41. The van der Waals surface area contributed by atoms with Gasteiger partial charge in [-0.3, -0.25) is 9.53 Å². The summed E-state index contributed by atoms with van der Waals surface area (Å²) in [6.07, 6.45) is 0.524. The quantitative estimate of drug-likeness (QED) is 0.424. The first-order chi connectivity index (χ1) is 13.2. The van der Waals surface area contributed by atoms with Crippen LogP contribution in [0.25, 0.3) is 0 Å². The second kappa shape index (κ2) is 12.9. The summed E-state index contributed by atoms with van der Waals surface area (Å²) in [5.41, 5.74) is 0. The van der Waals surface area contributed by atoms with Crippen molar-refractivity contribution in [1.82, 2.24) is 0 Å². The van der Waals surface area contributed by atoms with Crippen LogP contribution in [0.3, 0.4) is 0 Å². The Kier molecular flexibility index (Phi) is 12.6. The molecule has 9 heteroatoms. The maximum atomic E-state index is 14.7. The fourth-order valence-corrected chi connectivity index (χ4v) is 5.31. The minimum Gasteiger partial charge on any atom is -0.462 e. The lowest BCUT2D eigenvalue weighted by molar-refractivity contribution is -0.346. The maximum absolute atomic E-state index is 14.7. The summed E-state index contributed by atoms with van der Waals surface area (Å²) in [4.78, 5) is 12.4. The molecule has 0 saturated heterocycles. The van der Waals surface area contributed by atoms with Crippen LogP contribution in [0.1, 0.15) is 86.4 Å². The lowest BCUT2D eigenvalue weighted by Crippen LogP contribution is -2.38. The van der Waals surface area contributed by atoms with E-state index in [2.05, 4.69) is 11.7 Å². The summed E-state index contributed by atoms with van der Waals surface area (Å²) in [6.45, 7) is 2.27. The summed E-state index contributed by atoms with van der Waals surface area (Å²) in [5, 5.41) is 0. The molecule has 3 fully saturated rings. The molecule has 4 N–H and O–H groups in total. The van der Waals surface area contributed by atoms with Gasteiger partial charge in [0.15, 0.2) is 0 Å². The molecule has 0 aromatic heterocycles. The van der Waals surface area contributed by atoms with Gasteiger partial charge < -0.3 is 15.7 Å². The molecule has 5 nitrogen and oxygen atoms in total. The summed E-state index contributed by atoms with van der Waals surface area (Å²) in [6, 6.07) is 0. The van der Waals surface area contributed by atoms with Gasteiger partial charge in [-0.15, -0.1) is 13.2 Å². The number of esters is 1. The molecule has 0 aromatic rings. The number of hydrogen-bond donors (Lipinski definition) is 0. The minimum atomic E-state index is -4.63. The zero-order valence-corrected chi connectivity index (χ0v) is 17.6. The third kappa shape index (κ3) is 8.85. The average Bonchev–Trinajstić information content (AvgIpc) is 2.62. The standard InChI is InChI=1S/C21H32F4O3.CH4.2H2O.H2/c1-13-2-4-14(5-3-13)15-6-11-18(19(22)12-15)20(26)27-16-7-9-17(10-8-16)28-21(23,24)25;;;;/h13-19H,2-12H2,1H3;1H4;2*1H2;1H. The zero-order valence-electron chi connectivity index (χ0n) is 17.6. The van der Waals surface area contributed by atoms with Gasteiger partial charge in [0.25, 0.3) is 0 Å². The highest BCUT2D eigenvalue weighted by Crippen LogP contribution is 2.42. The van der Waals surface area contributed by atoms with Crippen molar-refractivity contribution in [2.75, 3.05) is 0 Å². The molecule has 0 heterocycles. The largest absolute Gasteiger partial charge is 0.522 e. The minimum absolute atomic E-state index is 0. The van der Waals surface area contributed by atoms with Crippen LogP contribution in [0.15, 0.2) is 0 Å². The van der Waals surface area contributed by atoms with Crippen molar-refractivity contribution in [1.29, 1.82) is 0 Å². The molecule has 3 rings (SSSR count). The monoisotopic (exact) mass is 462 g/mol. The van der Waals surface area contributed by atoms with E-state index in [0.717, 1.165) is 25.2 Å². The number of ether oxygens (including phenoxy) is 2. The third-order valence-corrected chi connectivity index (χ3v) is 7.05. The van der Waals surface area contributed by atoms with E-state index in [1.807, 2.05) is 0 Å². The van der Waals surface area contributed by atoms with Gasteiger partial charge in [0, 0.05) is 1.43 Å². The lowest BCUT2D eigenvalue weighted by atomic mass is 9.69. The SMILES string of the molecule is C.CC1CCC(C2CCC(C(=O)OC3CCC(OC(F)(F)F)CC3)C(F)C2)CC1.O.O.[HH]. The Morgan fingerprint density at radius 1 is 0.839 bits per heavy atom. The molecule has 3 atom stereocenters. The number of carbonyl (C=O) groups is 1. The van der Waals surface area contributed by atoms with E-state index in [1.54, 1.807) is 0 Å². The second-order valence-corrected chi connectivity index (χ2v) is 9.11. The van der Waals surface area contributed by atoms with E-state index in [-0.39, 0.29) is 32.6 Å². The van der Waals surface area contributed by atoms with E-state index in [1.165, 1.54) is 12.8 Å². The van der Waals surface area contributed by atoms with Crippen LogP contribution < -0.4 is 0 Å². The second-order valence-electron chi connectivity index (χ2n) is 9.11. The molecule has 3 unspecified atom stereocenters. The molecule has 31 heavy (non-hydrogen) atoms. The Labute approximate surface area is 184 Å². The van der Waals surface area contributed by atoms with Gasteiger partial charge in [0.1, 0.15) is 12.3 Å². The van der Waals surface area contributed by atoms with Gasteiger partial charge >= 0.3 is 12.3 Å². The molecule has 0 amide bonds. The molecule has 0 aromatic carbocycles. The van der Waals surface area contributed by atoms with Crippen molar-refractivity contribution in [3.05, 3.63) is 0 Å². The Morgan fingerprint density at radius 3 is 1.87 bits per heavy atom. The van der Waals surface area contributed by atoms with Crippen molar-refractivity contribution >= 4 is 5.97 Å². The first-order valence-corrected chi connectivity index (χ1v) is 10.8. The first kappa shape index (κ1) is 30.1. The molecule has 3 aliphatic rings. The van der Waals surface area contributed by atoms with Crippen LogP contribution >= 0.6 is 0 Å². The summed E-state index contributed by atoms with van der Waals surface area (Å²) in [5.74, 6) is 0.475. The maximum Gasteiger partial charge on any atom is 0.522 e. The van der Waals surface area contributed by atoms with Crippen molar-refractivity contribution in [2.45, 2.75) is 110 Å². The molecule has 188 valence electrons. The smallest absolute Gasteiger partial charge is 0.462 e. The summed E-state index contributed by atoms with van der Waals surface area (Å²) >= 11 is 0. The Bertz CT molecular complexity index is 521. The van der Waals surface area contributed by atoms with Crippen molar-refractivity contribution in [2.24, 2.45) is 23.7 Å². The summed E-state index contributed by atoms with van der Waals surface area (Å²) < 4.78 is 61.0. The van der Waals surface area contributed by atoms with Crippen molar-refractivity contribution in [3.8, 4) is 0 Å². The number of halogens is 4. The molecule has 0 bridgehead atoms. The van der Waals surface area contributed by atoms with E-state index in [0.29, 0.717) is 37.5 Å². The normalized spacial score (nSPS) is 36.2. The van der Waals surface area contributed by atoms with Gasteiger partial charge in [-0.25, -0.2) is 4.39 Å². The van der Waals surface area contributed by atoms with Gasteiger partial charge in [-0.1, -0.05) is 27.2 Å². The molecule has 0 aliphatic heterocycles. The van der Waals surface area contributed by atoms with Crippen LogP contribution in [0.5, 0.6) is 0 Å². The van der Waals surface area contributed by atoms with Crippen LogP contribution in [0.2, 0.25) is 0 Å². The fraction of sp³-hybridized carbons (Fsp3) is 0.955. The Morgan fingerprint density at radius 2 is 1.35 bits per heavy atom. The van der Waals surface area contributed by atoms with Gasteiger partial charge in [-0.2, -0.15) is 0 Å². The van der Waals surface area contributed by atoms with E-state index in [4.69, 9.17) is 4.74 Å². The Hall–Kier alpha value is -0.930. The zero-order chi connectivity index (χ0) is 20.3. The average molecular weight is 463 g/mol. The fourth-order valence-electron chi connectivity index (χ4n) is 5.31. The number of alkyl halides is 4. The lowest BCUT2D eigenvalue weighted by Gasteiger charge is -2.38. The number of rotatable bonds is 4. The number of hydrogen-bond acceptors (Lipinski definition) is 3. The Balaban J connectivity index is 0. The first-order valence-electron chi connectivity index (χ1n) is 10.8.